The third kappa shape index (κ3) is 3.10. The molecule has 3 rings (SSSR count). The van der Waals surface area contributed by atoms with E-state index in [9.17, 15) is 4.39 Å². The van der Waals surface area contributed by atoms with Gasteiger partial charge in [0.1, 0.15) is 5.82 Å². The number of halogens is 2. The summed E-state index contributed by atoms with van der Waals surface area (Å²) in [6, 6.07) is 5.20. The number of piperazine rings is 1. The molecule has 1 saturated carbocycles. The highest BCUT2D eigenvalue weighted by Crippen LogP contribution is 2.39. The normalized spacial score (nSPS) is 24.6. The molecule has 1 aliphatic heterocycles. The topological polar surface area (TPSA) is 15.3 Å². The van der Waals surface area contributed by atoms with Crippen LogP contribution in [0.5, 0.6) is 0 Å². The molecule has 0 bridgehead atoms. The molecule has 21 heavy (non-hydrogen) atoms. The Morgan fingerprint density at radius 2 is 2.00 bits per heavy atom. The molecule has 1 aromatic carbocycles. The Hall–Kier alpha value is -0.640. The van der Waals surface area contributed by atoms with Crippen molar-refractivity contribution in [2.75, 3.05) is 13.1 Å². The number of nitrogens with one attached hydrogen (secondary N) is 1. The molecule has 1 spiro atoms. The molecule has 0 aromatic heterocycles. The molecule has 1 aliphatic carbocycles. The van der Waals surface area contributed by atoms with E-state index in [4.69, 9.17) is 11.6 Å². The molecule has 2 aliphatic rings. The van der Waals surface area contributed by atoms with Crippen LogP contribution >= 0.6 is 11.6 Å². The van der Waals surface area contributed by atoms with Gasteiger partial charge < -0.3 is 5.32 Å². The number of rotatable bonds is 2. The van der Waals surface area contributed by atoms with Crippen molar-refractivity contribution in [3.05, 3.63) is 34.6 Å². The van der Waals surface area contributed by atoms with Gasteiger partial charge in [0.15, 0.2) is 0 Å². The van der Waals surface area contributed by atoms with Crippen LogP contribution in [0.3, 0.4) is 0 Å². The van der Waals surface area contributed by atoms with Gasteiger partial charge in [0.05, 0.1) is 5.02 Å². The van der Waals surface area contributed by atoms with E-state index in [1.165, 1.54) is 25.7 Å². The smallest absolute Gasteiger partial charge is 0.142 e. The van der Waals surface area contributed by atoms with Crippen LogP contribution in [-0.2, 0) is 6.54 Å². The summed E-state index contributed by atoms with van der Waals surface area (Å²) in [7, 11) is 0. The lowest BCUT2D eigenvalue weighted by Crippen LogP contribution is -2.66. The Kier molecular flexibility index (Phi) is 4.02. The van der Waals surface area contributed by atoms with Crippen LogP contribution in [0.15, 0.2) is 18.2 Å². The van der Waals surface area contributed by atoms with E-state index in [1.807, 2.05) is 6.07 Å². The van der Waals surface area contributed by atoms with Gasteiger partial charge in [-0.2, -0.15) is 0 Å². The Morgan fingerprint density at radius 3 is 2.67 bits per heavy atom. The van der Waals surface area contributed by atoms with Gasteiger partial charge in [-0.3, -0.25) is 4.90 Å². The van der Waals surface area contributed by atoms with Gasteiger partial charge >= 0.3 is 0 Å². The highest BCUT2D eigenvalue weighted by Gasteiger charge is 2.45. The third-order valence-electron chi connectivity index (χ3n) is 5.04. The van der Waals surface area contributed by atoms with Gasteiger partial charge in [0.25, 0.3) is 0 Å². The van der Waals surface area contributed by atoms with Gasteiger partial charge in [0, 0.05) is 30.7 Å². The molecule has 1 heterocycles. The summed E-state index contributed by atoms with van der Waals surface area (Å²) < 4.78 is 13.7. The maximum Gasteiger partial charge on any atom is 0.142 e. The van der Waals surface area contributed by atoms with Crippen LogP contribution in [0.25, 0.3) is 0 Å². The number of hydrogen-bond donors (Lipinski definition) is 1. The maximum absolute atomic E-state index is 13.7. The second-order valence-electron chi connectivity index (χ2n) is 7.27. The standard InChI is InChI=1S/C17H24ClFN2/c1-16(2)12-21(17(11-20-16)7-3-4-8-17)10-13-5-6-14(18)15(19)9-13/h5-6,9,20H,3-4,7-8,10-12H2,1-2H3. The fourth-order valence-electron chi connectivity index (χ4n) is 3.82. The lowest BCUT2D eigenvalue weighted by molar-refractivity contribution is 0.0121. The zero-order chi connectivity index (χ0) is 15.1. The molecule has 0 atom stereocenters. The van der Waals surface area contributed by atoms with E-state index >= 15 is 0 Å². The summed E-state index contributed by atoms with van der Waals surface area (Å²) >= 11 is 5.79. The second kappa shape index (κ2) is 5.53. The van der Waals surface area contributed by atoms with Crippen molar-refractivity contribution in [2.24, 2.45) is 0 Å². The summed E-state index contributed by atoms with van der Waals surface area (Å²) in [5.41, 5.74) is 1.38. The first-order chi connectivity index (χ1) is 9.90. The van der Waals surface area contributed by atoms with Crippen LogP contribution in [0.4, 0.5) is 4.39 Å². The largest absolute Gasteiger partial charge is 0.309 e. The number of nitrogens with zero attached hydrogens (tertiary/aromatic N) is 1. The predicted molar refractivity (Wildman–Crippen MR) is 85.1 cm³/mol. The molecule has 2 fully saturated rings. The summed E-state index contributed by atoms with van der Waals surface area (Å²) in [6.07, 6.45) is 5.08. The minimum atomic E-state index is -0.316. The van der Waals surface area contributed by atoms with Gasteiger partial charge in [-0.15, -0.1) is 0 Å². The van der Waals surface area contributed by atoms with E-state index in [2.05, 4.69) is 24.1 Å². The van der Waals surface area contributed by atoms with E-state index in [0.717, 1.165) is 25.2 Å². The van der Waals surface area contributed by atoms with Crippen molar-refractivity contribution < 1.29 is 4.39 Å². The monoisotopic (exact) mass is 310 g/mol. The molecular weight excluding hydrogens is 287 g/mol. The summed E-state index contributed by atoms with van der Waals surface area (Å²) in [5, 5.41) is 3.89. The quantitative estimate of drug-likeness (QED) is 0.889. The van der Waals surface area contributed by atoms with Crippen molar-refractivity contribution >= 4 is 11.6 Å². The first-order valence-corrected chi connectivity index (χ1v) is 8.22. The first kappa shape index (κ1) is 15.3. The van der Waals surface area contributed by atoms with Crippen molar-refractivity contribution in [2.45, 2.75) is 57.2 Å². The number of hydrogen-bond acceptors (Lipinski definition) is 2. The van der Waals surface area contributed by atoms with E-state index in [-0.39, 0.29) is 21.9 Å². The van der Waals surface area contributed by atoms with Crippen LogP contribution < -0.4 is 5.32 Å². The maximum atomic E-state index is 13.7. The minimum Gasteiger partial charge on any atom is -0.309 e. The van der Waals surface area contributed by atoms with E-state index in [1.54, 1.807) is 12.1 Å². The van der Waals surface area contributed by atoms with Gasteiger partial charge in [-0.1, -0.05) is 30.5 Å². The zero-order valence-electron chi connectivity index (χ0n) is 12.9. The molecule has 0 radical (unpaired) electrons. The third-order valence-corrected chi connectivity index (χ3v) is 5.35. The minimum absolute atomic E-state index is 0.110. The SMILES string of the molecule is CC1(C)CN(Cc2ccc(Cl)c(F)c2)C2(CCCC2)CN1. The molecule has 4 heteroatoms. The van der Waals surface area contributed by atoms with Crippen molar-refractivity contribution in [1.29, 1.82) is 0 Å². The number of benzene rings is 1. The fourth-order valence-corrected chi connectivity index (χ4v) is 3.94. The van der Waals surface area contributed by atoms with Gasteiger partial charge in [-0.05, 0) is 44.4 Å². The zero-order valence-corrected chi connectivity index (χ0v) is 13.6. The molecule has 0 amide bonds. The molecular formula is C17H24ClFN2. The fraction of sp³-hybridized carbons (Fsp3) is 0.647. The van der Waals surface area contributed by atoms with E-state index in [0.29, 0.717) is 0 Å². The van der Waals surface area contributed by atoms with Crippen molar-refractivity contribution in [3.63, 3.8) is 0 Å². The Balaban J connectivity index is 1.83. The second-order valence-corrected chi connectivity index (χ2v) is 7.68. The molecule has 2 nitrogen and oxygen atoms in total. The van der Waals surface area contributed by atoms with Crippen LogP contribution in [0, 0.1) is 5.82 Å². The van der Waals surface area contributed by atoms with E-state index < -0.39 is 0 Å². The Morgan fingerprint density at radius 1 is 1.29 bits per heavy atom. The molecule has 1 N–H and O–H groups in total. The Bertz CT molecular complexity index is 524. The molecule has 0 unspecified atom stereocenters. The predicted octanol–water partition coefficient (Wildman–Crippen LogP) is 3.98. The molecule has 1 saturated heterocycles. The van der Waals surface area contributed by atoms with Crippen LogP contribution in [0.1, 0.15) is 45.1 Å². The summed E-state index contributed by atoms with van der Waals surface area (Å²) in [5.74, 6) is -0.316. The van der Waals surface area contributed by atoms with Crippen LogP contribution in [0.2, 0.25) is 5.02 Å². The highest BCUT2D eigenvalue weighted by molar-refractivity contribution is 6.30. The van der Waals surface area contributed by atoms with Crippen molar-refractivity contribution in [3.8, 4) is 0 Å². The summed E-state index contributed by atoms with van der Waals surface area (Å²) in [6.45, 7) is 7.32. The lowest BCUT2D eigenvalue weighted by atomic mass is 9.86. The Labute approximate surface area is 131 Å². The summed E-state index contributed by atoms with van der Waals surface area (Å²) in [4.78, 5) is 2.57. The van der Waals surface area contributed by atoms with Gasteiger partial charge in [-0.25, -0.2) is 4.39 Å². The average molecular weight is 311 g/mol. The highest BCUT2D eigenvalue weighted by atomic mass is 35.5. The van der Waals surface area contributed by atoms with Crippen molar-refractivity contribution in [1.82, 2.24) is 10.2 Å². The lowest BCUT2D eigenvalue weighted by Gasteiger charge is -2.51. The molecule has 1 aromatic rings. The van der Waals surface area contributed by atoms with Crippen LogP contribution in [-0.4, -0.2) is 29.1 Å². The molecule has 116 valence electrons. The first-order valence-electron chi connectivity index (χ1n) is 7.84. The average Bonchev–Trinajstić information content (AvgIpc) is 2.89. The van der Waals surface area contributed by atoms with Gasteiger partial charge in [0.2, 0.25) is 0 Å².